The van der Waals surface area contributed by atoms with E-state index in [0.29, 0.717) is 18.7 Å². The van der Waals surface area contributed by atoms with Gasteiger partial charge in [-0.15, -0.1) is 0 Å². The molecule has 1 aliphatic rings. The van der Waals surface area contributed by atoms with Crippen molar-refractivity contribution in [2.75, 3.05) is 19.7 Å². The monoisotopic (exact) mass is 313 g/mol. The number of hydrogen-bond acceptors (Lipinski definition) is 4. The molecule has 6 nitrogen and oxygen atoms in total. The fourth-order valence-electron chi connectivity index (χ4n) is 2.75. The topological polar surface area (TPSA) is 75.4 Å². The van der Waals surface area contributed by atoms with Crippen LogP contribution >= 0.6 is 0 Å². The van der Waals surface area contributed by atoms with Gasteiger partial charge in [0, 0.05) is 25.9 Å². The molecule has 1 amide bonds. The van der Waals surface area contributed by atoms with Gasteiger partial charge in [0.05, 0.1) is 17.4 Å². The van der Waals surface area contributed by atoms with E-state index in [1.807, 2.05) is 30.3 Å². The smallest absolute Gasteiger partial charge is 0.295 e. The van der Waals surface area contributed by atoms with Crippen molar-refractivity contribution in [1.82, 2.24) is 14.7 Å². The number of aromatic nitrogens is 2. The highest BCUT2D eigenvalue weighted by molar-refractivity contribution is 6.42. The van der Waals surface area contributed by atoms with Gasteiger partial charge in [-0.05, 0) is 30.9 Å². The number of nitrogens with zero attached hydrogens (tertiary/aromatic N) is 3. The minimum atomic E-state index is -0.533. The molecule has 0 atom stereocenters. The van der Waals surface area contributed by atoms with Crippen molar-refractivity contribution in [2.24, 2.45) is 5.92 Å². The van der Waals surface area contributed by atoms with Crippen molar-refractivity contribution in [2.45, 2.75) is 12.8 Å². The summed E-state index contributed by atoms with van der Waals surface area (Å²) in [5.74, 6) is -0.793. The van der Waals surface area contributed by atoms with Crippen LogP contribution in [-0.4, -0.2) is 51.2 Å². The van der Waals surface area contributed by atoms with Crippen molar-refractivity contribution in [1.29, 1.82) is 0 Å². The molecule has 2 heterocycles. The zero-order valence-corrected chi connectivity index (χ0v) is 12.8. The molecular weight excluding hydrogens is 294 g/mol. The van der Waals surface area contributed by atoms with Crippen molar-refractivity contribution in [3.63, 3.8) is 0 Å². The molecule has 1 saturated heterocycles. The van der Waals surface area contributed by atoms with E-state index in [-0.39, 0.29) is 12.5 Å². The number of Topliss-reactive ketones (excluding diaryl/α,β-unsaturated/α-hetero) is 1. The lowest BCUT2D eigenvalue weighted by molar-refractivity contribution is -0.128. The highest BCUT2D eigenvalue weighted by atomic mass is 16.3. The van der Waals surface area contributed by atoms with Gasteiger partial charge < -0.3 is 10.0 Å². The Hall–Kier alpha value is -2.47. The average Bonchev–Trinajstić information content (AvgIpc) is 3.11. The molecule has 0 spiro atoms. The molecule has 6 heteroatoms. The average molecular weight is 313 g/mol. The molecule has 0 radical (unpaired) electrons. The molecule has 0 unspecified atom stereocenters. The second-order valence-electron chi connectivity index (χ2n) is 5.76. The Labute approximate surface area is 134 Å². The van der Waals surface area contributed by atoms with Crippen molar-refractivity contribution in [3.05, 3.63) is 48.3 Å². The first-order valence-corrected chi connectivity index (χ1v) is 7.73. The Morgan fingerprint density at radius 1 is 1.17 bits per heavy atom. The van der Waals surface area contributed by atoms with Crippen LogP contribution in [0.5, 0.6) is 0 Å². The fraction of sp³-hybridized carbons (Fsp3) is 0.353. The van der Waals surface area contributed by atoms with Gasteiger partial charge in [0.1, 0.15) is 0 Å². The van der Waals surface area contributed by atoms with Crippen LogP contribution in [0.15, 0.2) is 42.7 Å². The molecule has 1 N–H and O–H groups in total. The lowest BCUT2D eigenvalue weighted by Gasteiger charge is -2.30. The molecule has 0 aliphatic carbocycles. The maximum atomic E-state index is 12.3. The number of rotatable bonds is 4. The summed E-state index contributed by atoms with van der Waals surface area (Å²) in [6.45, 7) is 1.17. The van der Waals surface area contributed by atoms with Gasteiger partial charge >= 0.3 is 0 Å². The molecule has 0 bridgehead atoms. The summed E-state index contributed by atoms with van der Waals surface area (Å²) < 4.78 is 1.58. The van der Waals surface area contributed by atoms with E-state index in [1.54, 1.807) is 15.8 Å². The number of aliphatic hydroxyl groups is 1. The van der Waals surface area contributed by atoms with Crippen molar-refractivity contribution >= 4 is 11.7 Å². The van der Waals surface area contributed by atoms with Gasteiger partial charge in [0.15, 0.2) is 0 Å². The van der Waals surface area contributed by atoms with Crippen LogP contribution in [0.4, 0.5) is 0 Å². The lowest BCUT2D eigenvalue weighted by Crippen LogP contribution is -2.42. The summed E-state index contributed by atoms with van der Waals surface area (Å²) in [4.78, 5) is 26.2. The van der Waals surface area contributed by atoms with Crippen LogP contribution in [-0.2, 0) is 4.79 Å². The van der Waals surface area contributed by atoms with Crippen LogP contribution < -0.4 is 0 Å². The molecule has 1 aliphatic heterocycles. The Kier molecular flexibility index (Phi) is 4.52. The Morgan fingerprint density at radius 2 is 1.87 bits per heavy atom. The standard InChI is InChI=1S/C17H19N3O3/c21-12-13-6-8-19(9-7-13)17(23)16(22)14-10-18-20(11-14)15-4-2-1-3-5-15/h1-5,10-11,13,21H,6-9,12H2. The number of likely N-dealkylation sites (tertiary alicyclic amines) is 1. The van der Waals surface area contributed by atoms with Gasteiger partial charge in [0.25, 0.3) is 11.7 Å². The Bertz CT molecular complexity index is 688. The maximum absolute atomic E-state index is 12.3. The van der Waals surface area contributed by atoms with E-state index in [9.17, 15) is 9.59 Å². The van der Waals surface area contributed by atoms with Crippen molar-refractivity contribution in [3.8, 4) is 5.69 Å². The Morgan fingerprint density at radius 3 is 2.52 bits per heavy atom. The number of ketones is 1. The summed E-state index contributed by atoms with van der Waals surface area (Å²) in [6, 6.07) is 9.42. The van der Waals surface area contributed by atoms with Crippen LogP contribution in [0.25, 0.3) is 5.69 Å². The van der Waals surface area contributed by atoms with Crippen LogP contribution in [0.3, 0.4) is 0 Å². The van der Waals surface area contributed by atoms with E-state index in [0.717, 1.165) is 18.5 Å². The molecule has 0 saturated carbocycles. The number of hydrogen-bond donors (Lipinski definition) is 1. The van der Waals surface area contributed by atoms with E-state index in [4.69, 9.17) is 5.11 Å². The summed E-state index contributed by atoms with van der Waals surface area (Å²) in [5, 5.41) is 13.3. The first-order chi connectivity index (χ1) is 11.2. The van der Waals surface area contributed by atoms with E-state index < -0.39 is 11.7 Å². The van der Waals surface area contributed by atoms with Gasteiger partial charge in [-0.1, -0.05) is 18.2 Å². The Balaban J connectivity index is 1.69. The van der Waals surface area contributed by atoms with E-state index >= 15 is 0 Å². The first kappa shape index (κ1) is 15.4. The number of amides is 1. The summed E-state index contributed by atoms with van der Waals surface area (Å²) in [7, 11) is 0. The number of benzene rings is 1. The van der Waals surface area contributed by atoms with Crippen molar-refractivity contribution < 1.29 is 14.7 Å². The molecule has 1 fully saturated rings. The van der Waals surface area contributed by atoms with Crippen LogP contribution in [0.1, 0.15) is 23.2 Å². The lowest BCUT2D eigenvalue weighted by atomic mass is 9.97. The summed E-state index contributed by atoms with van der Waals surface area (Å²) >= 11 is 0. The number of aliphatic hydroxyl groups excluding tert-OH is 1. The van der Waals surface area contributed by atoms with Gasteiger partial charge in [-0.3, -0.25) is 9.59 Å². The highest BCUT2D eigenvalue weighted by Crippen LogP contribution is 2.17. The molecular formula is C17H19N3O3. The molecule has 1 aromatic carbocycles. The molecule has 2 aromatic rings. The van der Waals surface area contributed by atoms with Gasteiger partial charge in [-0.25, -0.2) is 4.68 Å². The number of carbonyl (C=O) groups is 2. The molecule has 120 valence electrons. The number of para-hydroxylation sites is 1. The number of carbonyl (C=O) groups excluding carboxylic acids is 2. The second kappa shape index (κ2) is 6.75. The van der Waals surface area contributed by atoms with E-state index in [2.05, 4.69) is 5.10 Å². The predicted molar refractivity (Wildman–Crippen MR) is 84.3 cm³/mol. The third kappa shape index (κ3) is 3.32. The quantitative estimate of drug-likeness (QED) is 0.681. The minimum Gasteiger partial charge on any atom is -0.396 e. The molecule has 1 aromatic heterocycles. The third-order valence-corrected chi connectivity index (χ3v) is 4.22. The zero-order chi connectivity index (χ0) is 16.2. The van der Waals surface area contributed by atoms with Gasteiger partial charge in [0.2, 0.25) is 0 Å². The zero-order valence-electron chi connectivity index (χ0n) is 12.8. The van der Waals surface area contributed by atoms with Gasteiger partial charge in [-0.2, -0.15) is 5.10 Å². The van der Waals surface area contributed by atoms with Crippen LogP contribution in [0, 0.1) is 5.92 Å². The van der Waals surface area contributed by atoms with Crippen LogP contribution in [0.2, 0.25) is 0 Å². The molecule has 23 heavy (non-hydrogen) atoms. The maximum Gasteiger partial charge on any atom is 0.295 e. The normalized spacial score (nSPS) is 15.6. The largest absolute Gasteiger partial charge is 0.396 e. The highest BCUT2D eigenvalue weighted by Gasteiger charge is 2.28. The first-order valence-electron chi connectivity index (χ1n) is 7.73. The predicted octanol–water partition coefficient (Wildman–Crippen LogP) is 1.29. The molecule has 3 rings (SSSR count). The fourth-order valence-corrected chi connectivity index (χ4v) is 2.75. The second-order valence-corrected chi connectivity index (χ2v) is 5.76. The van der Waals surface area contributed by atoms with E-state index in [1.165, 1.54) is 6.20 Å². The summed E-state index contributed by atoms with van der Waals surface area (Å²) in [6.07, 6.45) is 4.47. The SMILES string of the molecule is O=C(C(=O)N1CCC(CO)CC1)c1cnn(-c2ccccc2)c1. The minimum absolute atomic E-state index is 0.139. The summed E-state index contributed by atoms with van der Waals surface area (Å²) in [5.41, 5.74) is 1.13. The number of piperidine rings is 1. The third-order valence-electron chi connectivity index (χ3n) is 4.22.